The smallest absolute Gasteiger partial charge is 0.270 e. The molecule has 2 amide bonds. The minimum Gasteiger partial charge on any atom is -0.496 e. The molecule has 0 atom stereocenters. The molecule has 1 fully saturated rings. The number of hydrogen-bond acceptors (Lipinski definition) is 9. The molecule has 0 bridgehead atoms. The van der Waals surface area contributed by atoms with E-state index in [0.717, 1.165) is 0 Å². The molecule has 0 spiro atoms. The molecule has 1 saturated heterocycles. The molecule has 50 heavy (non-hydrogen) atoms. The average Bonchev–Trinajstić information content (AvgIpc) is 3.85. The number of halogens is 2. The molecule has 0 saturated carbocycles. The molecule has 0 aliphatic carbocycles. The third kappa shape index (κ3) is 6.45. The molecule has 2 aliphatic heterocycles. The van der Waals surface area contributed by atoms with Crippen LogP contribution in [0.4, 0.5) is 10.2 Å². The SMILES string of the molecule is COc1ccncc1-c1cc(C2=CCCN(C(=O)CCn3ccnn3)C2)c(F)c2[nH]c(C(=O)N3CCN(c4nc(Cl)ccc4OC)CC3)cc12. The fraction of sp³-hybridized carbons (Fsp3) is 0.314. The van der Waals surface area contributed by atoms with E-state index in [4.69, 9.17) is 21.1 Å². The van der Waals surface area contributed by atoms with Crippen molar-refractivity contribution in [2.45, 2.75) is 19.4 Å². The Morgan fingerprint density at radius 3 is 2.54 bits per heavy atom. The van der Waals surface area contributed by atoms with Crippen LogP contribution in [0.2, 0.25) is 5.15 Å². The number of H-pyrrole nitrogens is 1. The Morgan fingerprint density at radius 1 is 0.960 bits per heavy atom. The summed E-state index contributed by atoms with van der Waals surface area (Å²) in [6.07, 6.45) is 9.34. The number of carbonyl (C=O) groups is 2. The second-order valence-corrected chi connectivity index (χ2v) is 12.4. The number of hydrogen-bond donors (Lipinski definition) is 1. The third-order valence-electron chi connectivity index (χ3n) is 9.14. The summed E-state index contributed by atoms with van der Waals surface area (Å²) in [5.74, 6) is 0.961. The topological polar surface area (TPSA) is 135 Å². The Hall–Kier alpha value is -5.50. The first-order valence-electron chi connectivity index (χ1n) is 16.2. The van der Waals surface area contributed by atoms with Gasteiger partial charge >= 0.3 is 0 Å². The summed E-state index contributed by atoms with van der Waals surface area (Å²) in [6, 6.07) is 8.63. The molecule has 6 heterocycles. The van der Waals surface area contributed by atoms with Crippen molar-refractivity contribution >= 4 is 45.7 Å². The van der Waals surface area contributed by atoms with Gasteiger partial charge in [0.25, 0.3) is 5.91 Å². The van der Waals surface area contributed by atoms with Gasteiger partial charge in [-0.3, -0.25) is 19.3 Å². The van der Waals surface area contributed by atoms with E-state index in [1.165, 1.54) is 0 Å². The van der Waals surface area contributed by atoms with E-state index in [1.54, 1.807) is 83.8 Å². The van der Waals surface area contributed by atoms with Crippen LogP contribution in [0.3, 0.4) is 0 Å². The number of anilines is 1. The van der Waals surface area contributed by atoms with E-state index in [-0.39, 0.29) is 36.0 Å². The summed E-state index contributed by atoms with van der Waals surface area (Å²) < 4.78 is 29.4. The first kappa shape index (κ1) is 33.0. The third-order valence-corrected chi connectivity index (χ3v) is 9.35. The highest BCUT2D eigenvalue weighted by molar-refractivity contribution is 6.29. The lowest BCUT2D eigenvalue weighted by molar-refractivity contribution is -0.131. The molecule has 15 heteroatoms. The first-order valence-corrected chi connectivity index (χ1v) is 16.6. The predicted octanol–water partition coefficient (Wildman–Crippen LogP) is 4.69. The second kappa shape index (κ2) is 14.2. The van der Waals surface area contributed by atoms with Gasteiger partial charge in [-0.15, -0.1) is 5.10 Å². The molecule has 2 aliphatic rings. The minimum atomic E-state index is -0.502. The van der Waals surface area contributed by atoms with Crippen LogP contribution in [0.25, 0.3) is 27.6 Å². The van der Waals surface area contributed by atoms with Crippen LogP contribution in [0.15, 0.2) is 61.2 Å². The van der Waals surface area contributed by atoms with Crippen molar-refractivity contribution in [1.29, 1.82) is 0 Å². The zero-order chi connectivity index (χ0) is 34.8. The number of methoxy groups -OCH3 is 2. The zero-order valence-electron chi connectivity index (χ0n) is 27.6. The lowest BCUT2D eigenvalue weighted by Gasteiger charge is -2.35. The van der Waals surface area contributed by atoms with Crippen molar-refractivity contribution in [3.8, 4) is 22.6 Å². The normalized spacial score (nSPS) is 15.0. The fourth-order valence-electron chi connectivity index (χ4n) is 6.56. The number of piperazine rings is 1. The molecule has 7 rings (SSSR count). The van der Waals surface area contributed by atoms with Crippen molar-refractivity contribution in [2.75, 3.05) is 58.4 Å². The summed E-state index contributed by atoms with van der Waals surface area (Å²) >= 11 is 6.16. The van der Waals surface area contributed by atoms with Gasteiger partial charge in [-0.05, 0) is 47.9 Å². The van der Waals surface area contributed by atoms with Gasteiger partial charge in [-0.2, -0.15) is 0 Å². The largest absolute Gasteiger partial charge is 0.496 e. The highest BCUT2D eigenvalue weighted by Crippen LogP contribution is 2.40. The van der Waals surface area contributed by atoms with Crippen LogP contribution >= 0.6 is 11.6 Å². The molecular formula is C35H35ClFN9O4. The lowest BCUT2D eigenvalue weighted by atomic mass is 9.93. The summed E-state index contributed by atoms with van der Waals surface area (Å²) in [7, 11) is 3.14. The maximum atomic E-state index is 16.7. The van der Waals surface area contributed by atoms with E-state index in [1.807, 2.05) is 11.0 Å². The van der Waals surface area contributed by atoms with Gasteiger partial charge in [0.05, 0.1) is 32.5 Å². The van der Waals surface area contributed by atoms with E-state index in [2.05, 4.69) is 25.3 Å². The molecule has 13 nitrogen and oxygen atoms in total. The number of ether oxygens (including phenoxy) is 2. The number of carbonyl (C=O) groups excluding carboxylic acids is 2. The lowest BCUT2D eigenvalue weighted by Crippen LogP contribution is -2.49. The molecule has 4 aromatic heterocycles. The number of aromatic nitrogens is 6. The predicted molar refractivity (Wildman–Crippen MR) is 186 cm³/mol. The van der Waals surface area contributed by atoms with Crippen LogP contribution in [0.5, 0.6) is 11.5 Å². The Balaban J connectivity index is 1.19. The summed E-state index contributed by atoms with van der Waals surface area (Å²) in [6.45, 7) is 3.02. The van der Waals surface area contributed by atoms with Crippen LogP contribution in [-0.4, -0.2) is 105 Å². The maximum absolute atomic E-state index is 16.7. The Kier molecular flexibility index (Phi) is 9.35. The number of benzene rings is 1. The maximum Gasteiger partial charge on any atom is 0.270 e. The van der Waals surface area contributed by atoms with Crippen molar-refractivity contribution in [3.63, 3.8) is 0 Å². The van der Waals surface area contributed by atoms with Crippen LogP contribution < -0.4 is 14.4 Å². The first-order chi connectivity index (χ1) is 24.3. The standard InChI is InChI=1S/C35H35ClFN9O4/c1-49-28-7-9-38-20-26(28)24-18-23(22-4-3-11-45(21-22)31(47)8-12-46-13-10-39-42-46)32(37)33-25(24)19-27(40-33)35(48)44-16-14-43(15-17-44)34-29(50-2)5-6-30(36)41-34/h4-7,9-10,13,18-20,40H,3,8,11-12,14-17,21H2,1-2H3. The number of pyridine rings is 2. The van der Waals surface area contributed by atoms with Crippen molar-refractivity contribution < 1.29 is 23.5 Å². The number of aromatic amines is 1. The van der Waals surface area contributed by atoms with E-state index >= 15 is 4.39 Å². The number of rotatable bonds is 9. The number of nitrogens with zero attached hydrogens (tertiary/aromatic N) is 8. The van der Waals surface area contributed by atoms with E-state index < -0.39 is 5.82 Å². The molecule has 1 N–H and O–H groups in total. The van der Waals surface area contributed by atoms with Gasteiger partial charge in [0.15, 0.2) is 17.4 Å². The van der Waals surface area contributed by atoms with Crippen molar-refractivity contribution in [1.82, 2.24) is 39.7 Å². The molecular weight excluding hydrogens is 665 g/mol. The highest BCUT2D eigenvalue weighted by atomic mass is 35.5. The van der Waals surface area contributed by atoms with Crippen LogP contribution in [-0.2, 0) is 11.3 Å². The molecule has 1 aromatic carbocycles. The second-order valence-electron chi connectivity index (χ2n) is 12.0. The van der Waals surface area contributed by atoms with Gasteiger partial charge in [-0.1, -0.05) is 22.9 Å². The summed E-state index contributed by atoms with van der Waals surface area (Å²) in [4.78, 5) is 44.4. The monoisotopic (exact) mass is 699 g/mol. The number of nitrogens with one attached hydrogen (secondary N) is 1. The molecule has 0 unspecified atom stereocenters. The molecule has 5 aromatic rings. The average molecular weight is 700 g/mol. The Bertz CT molecular complexity index is 2080. The Labute approximate surface area is 292 Å². The van der Waals surface area contributed by atoms with Gasteiger partial charge < -0.3 is 29.2 Å². The number of fused-ring (bicyclic) bond motifs is 1. The van der Waals surface area contributed by atoms with E-state index in [0.29, 0.717) is 95.8 Å². The van der Waals surface area contributed by atoms with Crippen molar-refractivity contribution in [2.24, 2.45) is 0 Å². The molecule has 258 valence electrons. The van der Waals surface area contributed by atoms with Gasteiger partial charge in [0.1, 0.15) is 16.6 Å². The Morgan fingerprint density at radius 2 is 1.78 bits per heavy atom. The van der Waals surface area contributed by atoms with Gasteiger partial charge in [0.2, 0.25) is 5.91 Å². The van der Waals surface area contributed by atoms with Crippen molar-refractivity contribution in [3.05, 3.63) is 83.4 Å². The number of aryl methyl sites for hydroxylation is 1. The fourth-order valence-corrected chi connectivity index (χ4v) is 6.70. The quantitative estimate of drug-likeness (QED) is 0.218. The van der Waals surface area contributed by atoms with Gasteiger partial charge in [0, 0.05) is 80.8 Å². The van der Waals surface area contributed by atoms with E-state index in [9.17, 15) is 9.59 Å². The highest BCUT2D eigenvalue weighted by Gasteiger charge is 2.29. The number of amides is 2. The minimum absolute atomic E-state index is 0.0563. The van der Waals surface area contributed by atoms with Crippen LogP contribution in [0, 0.1) is 5.82 Å². The summed E-state index contributed by atoms with van der Waals surface area (Å²) in [5.41, 5.74) is 2.76. The summed E-state index contributed by atoms with van der Waals surface area (Å²) in [5, 5.41) is 8.60. The van der Waals surface area contributed by atoms with Crippen LogP contribution in [0.1, 0.15) is 28.9 Å². The molecule has 0 radical (unpaired) electrons. The zero-order valence-corrected chi connectivity index (χ0v) is 28.4. The van der Waals surface area contributed by atoms with Gasteiger partial charge in [-0.25, -0.2) is 9.37 Å².